The zero-order valence-corrected chi connectivity index (χ0v) is 17.2. The van der Waals surface area contributed by atoms with E-state index < -0.39 is 11.6 Å². The lowest BCUT2D eigenvalue weighted by atomic mass is 9.99. The van der Waals surface area contributed by atoms with Gasteiger partial charge in [0.2, 0.25) is 0 Å². The number of benzene rings is 1. The Balaban J connectivity index is 1.39. The molecule has 0 radical (unpaired) electrons. The van der Waals surface area contributed by atoms with Crippen LogP contribution in [0.15, 0.2) is 35.1 Å². The second kappa shape index (κ2) is 7.56. The average Bonchev–Trinajstić information content (AvgIpc) is 3.02. The number of ether oxygens (including phenoxy) is 1. The minimum atomic E-state index is -0.553. The van der Waals surface area contributed by atoms with E-state index in [1.165, 1.54) is 5.06 Å². The number of nitrogens with zero attached hydrogens (tertiary/aromatic N) is 3. The van der Waals surface area contributed by atoms with E-state index in [1.54, 1.807) is 29.2 Å². The molecule has 1 aromatic carbocycles. The molecule has 1 fully saturated rings. The molecule has 158 valence electrons. The number of likely N-dealkylation sites (tertiary alicyclic amines) is 1. The molecule has 9 nitrogen and oxygen atoms in total. The molecule has 0 unspecified atom stereocenters. The molecule has 0 bridgehead atoms. The summed E-state index contributed by atoms with van der Waals surface area (Å²) in [5.74, 6) is -0.00159. The van der Waals surface area contributed by atoms with Crippen molar-refractivity contribution in [1.82, 2.24) is 19.9 Å². The molecule has 3 heterocycles. The van der Waals surface area contributed by atoms with Crippen LogP contribution in [0.3, 0.4) is 0 Å². The van der Waals surface area contributed by atoms with Crippen LogP contribution in [0, 0.1) is 0 Å². The van der Waals surface area contributed by atoms with Crippen molar-refractivity contribution in [3.63, 3.8) is 0 Å². The first-order valence-corrected chi connectivity index (χ1v) is 9.82. The number of hydroxylamine groups is 2. The van der Waals surface area contributed by atoms with Crippen molar-refractivity contribution < 1.29 is 19.2 Å². The first-order chi connectivity index (χ1) is 14.2. The van der Waals surface area contributed by atoms with Crippen LogP contribution in [-0.2, 0) is 22.7 Å². The molecule has 30 heavy (non-hydrogen) atoms. The number of H-pyrrole nitrogens is 1. The maximum Gasteiger partial charge on any atom is 0.410 e. The predicted octanol–water partition coefficient (Wildman–Crippen LogP) is 2.19. The highest BCUT2D eigenvalue weighted by Crippen LogP contribution is 2.27. The topological polar surface area (TPSA) is 105 Å². The molecule has 0 aliphatic carbocycles. The van der Waals surface area contributed by atoms with Crippen LogP contribution in [0.2, 0.25) is 0 Å². The summed E-state index contributed by atoms with van der Waals surface area (Å²) in [4.78, 5) is 51.2. The Morgan fingerprint density at radius 2 is 1.83 bits per heavy atom. The Morgan fingerprint density at radius 3 is 2.50 bits per heavy atom. The van der Waals surface area contributed by atoms with Crippen LogP contribution in [0.5, 0.6) is 0 Å². The maximum atomic E-state index is 12.5. The fourth-order valence-electron chi connectivity index (χ4n) is 3.39. The zero-order chi connectivity index (χ0) is 21.5. The van der Waals surface area contributed by atoms with Gasteiger partial charge in [0.05, 0.1) is 35.8 Å². The van der Waals surface area contributed by atoms with Crippen LogP contribution in [0.1, 0.15) is 54.1 Å². The van der Waals surface area contributed by atoms with Gasteiger partial charge in [0.15, 0.2) is 0 Å². The van der Waals surface area contributed by atoms with E-state index in [4.69, 9.17) is 9.57 Å². The first-order valence-electron chi connectivity index (χ1n) is 9.82. The highest BCUT2D eigenvalue weighted by molar-refractivity contribution is 5.89. The minimum absolute atomic E-state index is 0.0589. The number of fused-ring (bicyclic) bond motifs is 1. The van der Waals surface area contributed by atoms with Gasteiger partial charge in [0.1, 0.15) is 11.4 Å². The Labute approximate surface area is 173 Å². The zero-order valence-electron chi connectivity index (χ0n) is 17.2. The third-order valence-electron chi connectivity index (χ3n) is 4.92. The number of aromatic amines is 1. The molecule has 0 spiro atoms. The Bertz CT molecular complexity index is 1020. The van der Waals surface area contributed by atoms with E-state index in [-0.39, 0.29) is 30.7 Å². The van der Waals surface area contributed by atoms with Gasteiger partial charge in [-0.05, 0) is 32.9 Å². The summed E-state index contributed by atoms with van der Waals surface area (Å²) in [6.45, 7) is 6.75. The number of hydrogen-bond donors (Lipinski definition) is 1. The standard InChI is InChI=1S/C21H24N4O5/c1-21(2,3)29-20(28)24-9-14(10-24)17-22-16-12-25(11-15(16)18(26)23-17)30-19(27)13-7-5-4-6-8-13/h4-8,14H,9-12H2,1-3H3,(H,22,23,26). The van der Waals surface area contributed by atoms with Gasteiger partial charge >= 0.3 is 12.1 Å². The summed E-state index contributed by atoms with van der Waals surface area (Å²) in [5, 5.41) is 1.43. The minimum Gasteiger partial charge on any atom is -0.444 e. The second-order valence-electron chi connectivity index (χ2n) is 8.50. The third-order valence-corrected chi connectivity index (χ3v) is 4.92. The number of carbonyl (C=O) groups is 2. The fraction of sp³-hybridized carbons (Fsp3) is 0.429. The van der Waals surface area contributed by atoms with Crippen molar-refractivity contribution in [2.24, 2.45) is 0 Å². The second-order valence-corrected chi connectivity index (χ2v) is 8.50. The lowest BCUT2D eigenvalue weighted by Crippen LogP contribution is -2.51. The maximum absolute atomic E-state index is 12.5. The van der Waals surface area contributed by atoms with Crippen molar-refractivity contribution in [3.05, 3.63) is 63.3 Å². The number of nitrogens with one attached hydrogen (secondary N) is 1. The van der Waals surface area contributed by atoms with Crippen LogP contribution in [0.4, 0.5) is 4.79 Å². The van der Waals surface area contributed by atoms with Gasteiger partial charge in [-0.3, -0.25) is 4.79 Å². The summed E-state index contributed by atoms with van der Waals surface area (Å²) >= 11 is 0. The number of amides is 1. The number of hydrogen-bond acceptors (Lipinski definition) is 7. The normalized spacial score (nSPS) is 16.7. The highest BCUT2D eigenvalue weighted by Gasteiger charge is 2.37. The molecule has 0 atom stereocenters. The Morgan fingerprint density at radius 1 is 1.13 bits per heavy atom. The van der Waals surface area contributed by atoms with Crippen LogP contribution >= 0.6 is 0 Å². The first kappa shape index (κ1) is 20.1. The van der Waals surface area contributed by atoms with Gasteiger partial charge in [0, 0.05) is 13.1 Å². The van der Waals surface area contributed by atoms with Gasteiger partial charge in [-0.2, -0.15) is 0 Å². The largest absolute Gasteiger partial charge is 0.444 e. The van der Waals surface area contributed by atoms with Crippen molar-refractivity contribution in [2.45, 2.75) is 45.4 Å². The van der Waals surface area contributed by atoms with Crippen molar-refractivity contribution in [3.8, 4) is 0 Å². The Kier molecular flexibility index (Phi) is 5.07. The average molecular weight is 412 g/mol. The van der Waals surface area contributed by atoms with E-state index in [9.17, 15) is 14.4 Å². The lowest BCUT2D eigenvalue weighted by Gasteiger charge is -2.39. The molecule has 4 rings (SSSR count). The van der Waals surface area contributed by atoms with E-state index in [2.05, 4.69) is 9.97 Å². The lowest BCUT2D eigenvalue weighted by molar-refractivity contribution is -0.115. The monoisotopic (exact) mass is 412 g/mol. The number of aromatic nitrogens is 2. The molecule has 1 amide bonds. The molecular weight excluding hydrogens is 388 g/mol. The fourth-order valence-corrected chi connectivity index (χ4v) is 3.39. The molecule has 2 aliphatic heterocycles. The molecule has 9 heteroatoms. The predicted molar refractivity (Wildman–Crippen MR) is 107 cm³/mol. The summed E-state index contributed by atoms with van der Waals surface area (Å²) in [6, 6.07) is 8.67. The Hall–Kier alpha value is -3.20. The van der Waals surface area contributed by atoms with Crippen LogP contribution in [0.25, 0.3) is 0 Å². The van der Waals surface area contributed by atoms with E-state index in [1.807, 2.05) is 26.8 Å². The summed E-state index contributed by atoms with van der Waals surface area (Å²) in [5.41, 5.74) is 0.716. The molecule has 2 aromatic rings. The van der Waals surface area contributed by atoms with Crippen LogP contribution < -0.4 is 5.56 Å². The number of carbonyl (C=O) groups excluding carboxylic acids is 2. The van der Waals surface area contributed by atoms with Gasteiger partial charge < -0.3 is 19.5 Å². The molecule has 1 N–H and O–H groups in total. The van der Waals surface area contributed by atoms with Crippen LogP contribution in [-0.4, -0.2) is 50.7 Å². The highest BCUT2D eigenvalue weighted by atomic mass is 16.7. The van der Waals surface area contributed by atoms with Gasteiger partial charge in [-0.25, -0.2) is 14.6 Å². The molecule has 0 saturated carbocycles. The van der Waals surface area contributed by atoms with Gasteiger partial charge in [0.25, 0.3) is 5.56 Å². The van der Waals surface area contributed by atoms with Gasteiger partial charge in [-0.1, -0.05) is 18.2 Å². The van der Waals surface area contributed by atoms with Crippen molar-refractivity contribution >= 4 is 12.1 Å². The summed E-state index contributed by atoms with van der Waals surface area (Å²) in [6.07, 6.45) is -0.374. The van der Waals surface area contributed by atoms with Gasteiger partial charge in [-0.15, -0.1) is 5.06 Å². The summed E-state index contributed by atoms with van der Waals surface area (Å²) in [7, 11) is 0. The quantitative estimate of drug-likeness (QED) is 0.824. The van der Waals surface area contributed by atoms with E-state index >= 15 is 0 Å². The number of rotatable bonds is 3. The van der Waals surface area contributed by atoms with Crippen molar-refractivity contribution in [2.75, 3.05) is 13.1 Å². The van der Waals surface area contributed by atoms with E-state index in [0.717, 1.165) is 0 Å². The van der Waals surface area contributed by atoms with E-state index in [0.29, 0.717) is 35.7 Å². The summed E-state index contributed by atoms with van der Waals surface area (Å²) < 4.78 is 5.35. The molecule has 2 aliphatic rings. The molecule has 1 saturated heterocycles. The molecular formula is C21H24N4O5. The third kappa shape index (κ3) is 4.20. The SMILES string of the molecule is CC(C)(C)OC(=O)N1CC(c2nc3c(c(=O)[nH]2)CN(OC(=O)c2ccccc2)C3)C1. The van der Waals surface area contributed by atoms with Crippen molar-refractivity contribution in [1.29, 1.82) is 0 Å². The smallest absolute Gasteiger partial charge is 0.410 e. The molecule has 1 aromatic heterocycles.